The van der Waals surface area contributed by atoms with Crippen molar-refractivity contribution in [3.05, 3.63) is 11.0 Å². The highest BCUT2D eigenvalue weighted by atomic mass is 35.5. The Bertz CT molecular complexity index is 379. The van der Waals surface area contributed by atoms with Gasteiger partial charge < -0.3 is 11.1 Å². The summed E-state index contributed by atoms with van der Waals surface area (Å²) in [6, 6.07) is 0. The van der Waals surface area contributed by atoms with Gasteiger partial charge in [-0.05, 0) is 37.1 Å². The number of nitrogens with zero attached hydrogens (tertiary/aromatic N) is 2. The van der Waals surface area contributed by atoms with E-state index >= 15 is 0 Å². The summed E-state index contributed by atoms with van der Waals surface area (Å²) in [5, 5.41) is 4.16. The lowest BCUT2D eigenvalue weighted by Gasteiger charge is -2.13. The summed E-state index contributed by atoms with van der Waals surface area (Å²) in [7, 11) is 0. The molecular weight excluding hydrogens is 244 g/mol. The largest absolute Gasteiger partial charge is 0.394 e. The molecule has 16 heavy (non-hydrogen) atoms. The molecular formula is C10H15ClN4S. The van der Waals surface area contributed by atoms with Gasteiger partial charge in [0, 0.05) is 11.8 Å². The van der Waals surface area contributed by atoms with E-state index in [4.69, 9.17) is 17.3 Å². The van der Waals surface area contributed by atoms with Gasteiger partial charge in [-0.2, -0.15) is 16.7 Å². The van der Waals surface area contributed by atoms with Crippen LogP contribution in [0.1, 0.15) is 18.5 Å². The average Bonchev–Trinajstić information content (AvgIpc) is 2.74. The maximum atomic E-state index is 5.88. The van der Waals surface area contributed by atoms with E-state index in [1.807, 2.05) is 18.7 Å². The van der Waals surface area contributed by atoms with Gasteiger partial charge >= 0.3 is 0 Å². The number of nitrogens with two attached hydrogens (primary N) is 1. The molecule has 1 saturated heterocycles. The smallest absolute Gasteiger partial charge is 0.224 e. The SMILES string of the molecule is Cc1nc(Cl)nc(NCC2CCCS2)c1N. The van der Waals surface area contributed by atoms with Crippen molar-refractivity contribution < 1.29 is 0 Å². The zero-order valence-electron chi connectivity index (χ0n) is 9.16. The van der Waals surface area contributed by atoms with Gasteiger partial charge in [-0.15, -0.1) is 0 Å². The first-order valence-corrected chi connectivity index (χ1v) is 6.74. The lowest BCUT2D eigenvalue weighted by Crippen LogP contribution is -2.16. The van der Waals surface area contributed by atoms with E-state index in [9.17, 15) is 0 Å². The first-order valence-electron chi connectivity index (χ1n) is 5.32. The van der Waals surface area contributed by atoms with E-state index < -0.39 is 0 Å². The zero-order chi connectivity index (χ0) is 11.5. The summed E-state index contributed by atoms with van der Waals surface area (Å²) in [6.07, 6.45) is 2.56. The fourth-order valence-corrected chi connectivity index (χ4v) is 3.11. The third kappa shape index (κ3) is 2.71. The Morgan fingerprint density at radius 1 is 1.56 bits per heavy atom. The Balaban J connectivity index is 2.02. The Morgan fingerprint density at radius 2 is 2.38 bits per heavy atom. The van der Waals surface area contributed by atoms with Gasteiger partial charge in [0.2, 0.25) is 5.28 Å². The minimum atomic E-state index is 0.244. The first-order chi connectivity index (χ1) is 7.66. The van der Waals surface area contributed by atoms with Crippen molar-refractivity contribution in [1.82, 2.24) is 9.97 Å². The summed E-state index contributed by atoms with van der Waals surface area (Å²) >= 11 is 7.79. The number of nitrogens with one attached hydrogen (secondary N) is 1. The van der Waals surface area contributed by atoms with Gasteiger partial charge in [-0.1, -0.05) is 0 Å². The van der Waals surface area contributed by atoms with Crippen molar-refractivity contribution in [3.63, 3.8) is 0 Å². The highest BCUT2D eigenvalue weighted by Gasteiger charge is 2.16. The quantitative estimate of drug-likeness (QED) is 0.815. The molecule has 1 aliphatic heterocycles. The Hall–Kier alpha value is -0.680. The molecule has 0 radical (unpaired) electrons. The van der Waals surface area contributed by atoms with Crippen molar-refractivity contribution in [2.24, 2.45) is 0 Å². The Kier molecular flexibility index (Phi) is 3.76. The van der Waals surface area contributed by atoms with Gasteiger partial charge in [0.1, 0.15) is 0 Å². The van der Waals surface area contributed by atoms with Crippen LogP contribution in [-0.4, -0.2) is 27.5 Å². The fourth-order valence-electron chi connectivity index (χ4n) is 1.70. The van der Waals surface area contributed by atoms with Crippen molar-refractivity contribution in [1.29, 1.82) is 0 Å². The summed E-state index contributed by atoms with van der Waals surface area (Å²) in [6.45, 7) is 2.72. The molecule has 1 aromatic heterocycles. The number of thioether (sulfide) groups is 1. The van der Waals surface area contributed by atoms with E-state index in [1.54, 1.807) is 0 Å². The number of rotatable bonds is 3. The topological polar surface area (TPSA) is 63.8 Å². The van der Waals surface area contributed by atoms with E-state index in [2.05, 4.69) is 15.3 Å². The number of anilines is 2. The van der Waals surface area contributed by atoms with Gasteiger partial charge in [0.15, 0.2) is 5.82 Å². The molecule has 1 atom stereocenters. The molecule has 88 valence electrons. The first kappa shape index (κ1) is 11.8. The minimum absolute atomic E-state index is 0.244. The highest BCUT2D eigenvalue weighted by Crippen LogP contribution is 2.27. The van der Waals surface area contributed by atoms with Crippen LogP contribution < -0.4 is 11.1 Å². The van der Waals surface area contributed by atoms with E-state index in [-0.39, 0.29) is 5.28 Å². The lowest BCUT2D eigenvalue weighted by molar-refractivity contribution is 0.803. The van der Waals surface area contributed by atoms with Crippen LogP contribution in [0.2, 0.25) is 5.28 Å². The summed E-state index contributed by atoms with van der Waals surface area (Å²) in [4.78, 5) is 8.10. The fraction of sp³-hybridized carbons (Fsp3) is 0.600. The van der Waals surface area contributed by atoms with Crippen LogP contribution in [0.4, 0.5) is 11.5 Å². The van der Waals surface area contributed by atoms with Gasteiger partial charge in [-0.3, -0.25) is 0 Å². The van der Waals surface area contributed by atoms with Crippen LogP contribution in [0, 0.1) is 6.92 Å². The monoisotopic (exact) mass is 258 g/mol. The molecule has 0 saturated carbocycles. The lowest BCUT2D eigenvalue weighted by atomic mass is 10.2. The molecule has 0 aromatic carbocycles. The van der Waals surface area contributed by atoms with Crippen LogP contribution >= 0.6 is 23.4 Å². The molecule has 2 rings (SSSR count). The predicted molar refractivity (Wildman–Crippen MR) is 70.2 cm³/mol. The third-order valence-electron chi connectivity index (χ3n) is 2.63. The van der Waals surface area contributed by atoms with Crippen LogP contribution in [0.3, 0.4) is 0 Å². The normalized spacial score (nSPS) is 20.0. The molecule has 1 aromatic rings. The summed E-state index contributed by atoms with van der Waals surface area (Å²) < 4.78 is 0. The van der Waals surface area contributed by atoms with E-state index in [1.165, 1.54) is 18.6 Å². The molecule has 6 heteroatoms. The minimum Gasteiger partial charge on any atom is -0.394 e. The molecule has 4 nitrogen and oxygen atoms in total. The number of aryl methyl sites for hydroxylation is 1. The van der Waals surface area contributed by atoms with Crippen molar-refractivity contribution in [2.75, 3.05) is 23.3 Å². The molecule has 2 heterocycles. The molecule has 1 fully saturated rings. The average molecular weight is 259 g/mol. The second kappa shape index (κ2) is 5.10. The second-order valence-electron chi connectivity index (χ2n) is 3.86. The van der Waals surface area contributed by atoms with Crippen molar-refractivity contribution in [3.8, 4) is 0 Å². The third-order valence-corrected chi connectivity index (χ3v) is 4.20. The Morgan fingerprint density at radius 3 is 3.06 bits per heavy atom. The van der Waals surface area contributed by atoms with E-state index in [0.29, 0.717) is 16.8 Å². The number of halogens is 1. The maximum absolute atomic E-state index is 5.88. The second-order valence-corrected chi connectivity index (χ2v) is 5.60. The molecule has 0 aliphatic carbocycles. The van der Waals surface area contributed by atoms with E-state index in [0.717, 1.165) is 12.2 Å². The van der Waals surface area contributed by atoms with Crippen LogP contribution in [-0.2, 0) is 0 Å². The molecule has 3 N–H and O–H groups in total. The van der Waals surface area contributed by atoms with Gasteiger partial charge in [0.25, 0.3) is 0 Å². The molecule has 0 amide bonds. The van der Waals surface area contributed by atoms with Crippen LogP contribution in [0.5, 0.6) is 0 Å². The molecule has 0 bridgehead atoms. The summed E-state index contributed by atoms with van der Waals surface area (Å²) in [5.74, 6) is 1.91. The number of aromatic nitrogens is 2. The van der Waals surface area contributed by atoms with Crippen molar-refractivity contribution in [2.45, 2.75) is 25.0 Å². The molecule has 1 aliphatic rings. The highest BCUT2D eigenvalue weighted by molar-refractivity contribution is 8.00. The number of nitrogen functional groups attached to an aromatic ring is 1. The predicted octanol–water partition coefficient (Wildman–Crippen LogP) is 2.33. The maximum Gasteiger partial charge on any atom is 0.224 e. The molecule has 1 unspecified atom stereocenters. The van der Waals surface area contributed by atoms with Gasteiger partial charge in [0.05, 0.1) is 11.4 Å². The Labute approximate surface area is 104 Å². The van der Waals surface area contributed by atoms with Crippen LogP contribution in [0.25, 0.3) is 0 Å². The summed E-state index contributed by atoms with van der Waals surface area (Å²) in [5.41, 5.74) is 7.20. The van der Waals surface area contributed by atoms with Crippen LogP contribution in [0.15, 0.2) is 0 Å². The zero-order valence-corrected chi connectivity index (χ0v) is 10.7. The van der Waals surface area contributed by atoms with Gasteiger partial charge in [-0.25, -0.2) is 4.98 Å². The standard InChI is InChI=1S/C10H15ClN4S/c1-6-8(12)9(15-10(11)14-6)13-5-7-3-2-4-16-7/h7H,2-5,12H2,1H3,(H,13,14,15). The van der Waals surface area contributed by atoms with Crippen molar-refractivity contribution >= 4 is 34.9 Å². The molecule has 0 spiro atoms. The number of hydrogen-bond acceptors (Lipinski definition) is 5. The number of hydrogen-bond donors (Lipinski definition) is 2.